The second kappa shape index (κ2) is 4.10. The van der Waals surface area contributed by atoms with Gasteiger partial charge in [0.25, 0.3) is 5.91 Å². The third-order valence-corrected chi connectivity index (χ3v) is 4.48. The number of hydrogen-bond acceptors (Lipinski definition) is 2. The van der Waals surface area contributed by atoms with E-state index < -0.39 is 0 Å². The molecule has 0 aliphatic carbocycles. The number of nitrogens with one attached hydrogen (secondary N) is 2. The van der Waals surface area contributed by atoms with E-state index in [2.05, 4.69) is 15.2 Å². The molecule has 1 aromatic heterocycles. The lowest BCUT2D eigenvalue weighted by Gasteiger charge is -2.23. The molecule has 0 spiro atoms. The Morgan fingerprint density at radius 1 is 1.26 bits per heavy atom. The Balaban J connectivity index is 1.53. The summed E-state index contributed by atoms with van der Waals surface area (Å²) in [4.78, 5) is 17.8. The predicted octanol–water partition coefficient (Wildman–Crippen LogP) is 1.60. The van der Waals surface area contributed by atoms with E-state index in [-0.39, 0.29) is 5.91 Å². The number of benzene rings is 1. The minimum atomic E-state index is 0.0573. The zero-order valence-corrected chi connectivity index (χ0v) is 10.7. The SMILES string of the molecule is O=C(N[C@H]1CN2CC[C@H]1C2)c1ccc2c[nH]cc2c1. The predicted molar refractivity (Wildman–Crippen MR) is 74.1 cm³/mol. The first kappa shape index (κ1) is 11.1. The van der Waals surface area contributed by atoms with Gasteiger partial charge < -0.3 is 15.2 Å². The Labute approximate surface area is 111 Å². The number of fused-ring (bicyclic) bond motifs is 3. The van der Waals surface area contributed by atoms with Crippen molar-refractivity contribution in [1.29, 1.82) is 0 Å². The Morgan fingerprint density at radius 3 is 2.95 bits per heavy atom. The van der Waals surface area contributed by atoms with Gasteiger partial charge in [-0.15, -0.1) is 0 Å². The highest BCUT2D eigenvalue weighted by atomic mass is 16.1. The smallest absolute Gasteiger partial charge is 0.251 e. The normalized spacial score (nSPS) is 28.9. The van der Waals surface area contributed by atoms with E-state index in [0.717, 1.165) is 29.4 Å². The number of nitrogens with zero attached hydrogens (tertiary/aromatic N) is 1. The molecule has 2 N–H and O–H groups in total. The van der Waals surface area contributed by atoms with E-state index in [1.165, 1.54) is 13.0 Å². The number of hydrogen-bond donors (Lipinski definition) is 2. The third kappa shape index (κ3) is 1.83. The highest BCUT2D eigenvalue weighted by Crippen LogP contribution is 2.28. The fourth-order valence-electron chi connectivity index (χ4n) is 3.39. The van der Waals surface area contributed by atoms with Gasteiger partial charge in [-0.3, -0.25) is 4.79 Å². The van der Waals surface area contributed by atoms with Crippen molar-refractivity contribution in [3.05, 3.63) is 36.2 Å². The van der Waals surface area contributed by atoms with Crippen molar-refractivity contribution in [3.63, 3.8) is 0 Å². The van der Waals surface area contributed by atoms with Gasteiger partial charge in [0.2, 0.25) is 0 Å². The van der Waals surface area contributed by atoms with Crippen molar-refractivity contribution in [2.24, 2.45) is 5.92 Å². The quantitative estimate of drug-likeness (QED) is 0.856. The number of aromatic amines is 1. The second-order valence-electron chi connectivity index (χ2n) is 5.69. The Kier molecular flexibility index (Phi) is 2.38. The molecule has 4 nitrogen and oxygen atoms in total. The van der Waals surface area contributed by atoms with Crippen molar-refractivity contribution in [2.75, 3.05) is 19.6 Å². The maximum atomic E-state index is 12.3. The molecule has 4 rings (SSSR count). The number of piperidine rings is 1. The van der Waals surface area contributed by atoms with Gasteiger partial charge in [0.1, 0.15) is 0 Å². The number of H-pyrrole nitrogens is 1. The second-order valence-corrected chi connectivity index (χ2v) is 5.69. The topological polar surface area (TPSA) is 48.1 Å². The van der Waals surface area contributed by atoms with Gasteiger partial charge in [-0.1, -0.05) is 6.07 Å². The minimum Gasteiger partial charge on any atom is -0.366 e. The van der Waals surface area contributed by atoms with Crippen LogP contribution in [0.5, 0.6) is 0 Å². The van der Waals surface area contributed by atoms with E-state index in [9.17, 15) is 4.79 Å². The van der Waals surface area contributed by atoms with Crippen LogP contribution < -0.4 is 5.32 Å². The number of carbonyl (C=O) groups is 1. The number of amides is 1. The van der Waals surface area contributed by atoms with Crippen molar-refractivity contribution in [3.8, 4) is 0 Å². The average Bonchev–Trinajstić information content (AvgIpc) is 3.13. The largest absolute Gasteiger partial charge is 0.366 e. The van der Waals surface area contributed by atoms with Crippen LogP contribution in [-0.2, 0) is 0 Å². The summed E-state index contributed by atoms with van der Waals surface area (Å²) in [6.45, 7) is 3.37. The van der Waals surface area contributed by atoms with Crippen LogP contribution in [0.25, 0.3) is 10.8 Å². The molecule has 2 aromatic rings. The van der Waals surface area contributed by atoms with Gasteiger partial charge in [0.05, 0.1) is 0 Å². The van der Waals surface area contributed by atoms with Crippen LogP contribution in [0, 0.1) is 5.92 Å². The van der Waals surface area contributed by atoms with Crippen molar-refractivity contribution in [1.82, 2.24) is 15.2 Å². The molecule has 2 saturated heterocycles. The summed E-state index contributed by atoms with van der Waals surface area (Å²) < 4.78 is 0. The van der Waals surface area contributed by atoms with Gasteiger partial charge in [0.15, 0.2) is 0 Å². The van der Waals surface area contributed by atoms with Gasteiger partial charge in [-0.05, 0) is 41.8 Å². The van der Waals surface area contributed by atoms with Crippen LogP contribution in [-0.4, -0.2) is 41.5 Å². The van der Waals surface area contributed by atoms with Crippen molar-refractivity contribution < 1.29 is 4.79 Å². The van der Waals surface area contributed by atoms with Gasteiger partial charge >= 0.3 is 0 Å². The molecule has 1 aromatic carbocycles. The van der Waals surface area contributed by atoms with E-state index in [1.807, 2.05) is 30.6 Å². The highest BCUT2D eigenvalue weighted by Gasteiger charge is 2.38. The Hall–Kier alpha value is -1.81. The molecule has 0 radical (unpaired) electrons. The van der Waals surface area contributed by atoms with Crippen LogP contribution in [0.3, 0.4) is 0 Å². The van der Waals surface area contributed by atoms with Crippen LogP contribution >= 0.6 is 0 Å². The first-order valence-corrected chi connectivity index (χ1v) is 6.89. The molecule has 3 atom stereocenters. The minimum absolute atomic E-state index is 0.0573. The fourth-order valence-corrected chi connectivity index (χ4v) is 3.39. The number of aromatic nitrogens is 1. The van der Waals surface area contributed by atoms with E-state index in [1.54, 1.807) is 0 Å². The number of rotatable bonds is 2. The first-order valence-electron chi connectivity index (χ1n) is 6.89. The average molecular weight is 255 g/mol. The molecular formula is C15H17N3O. The molecule has 98 valence electrons. The van der Waals surface area contributed by atoms with Crippen LogP contribution in [0.15, 0.2) is 30.6 Å². The first-order chi connectivity index (χ1) is 9.29. The monoisotopic (exact) mass is 255 g/mol. The van der Waals surface area contributed by atoms with Crippen molar-refractivity contribution >= 4 is 16.7 Å². The molecular weight excluding hydrogens is 238 g/mol. The molecule has 4 heteroatoms. The standard InChI is InChI=1S/C15H17N3O/c19-15(17-14-9-18-4-3-12(14)8-18)10-1-2-11-6-16-7-13(11)5-10/h1-2,5-7,12,14,16H,3-4,8-9H2,(H,17,19)/t12-,14-/m0/s1. The summed E-state index contributed by atoms with van der Waals surface area (Å²) in [5.41, 5.74) is 0.755. The summed E-state index contributed by atoms with van der Waals surface area (Å²) >= 11 is 0. The van der Waals surface area contributed by atoms with E-state index in [4.69, 9.17) is 0 Å². The molecule has 3 heterocycles. The lowest BCUT2D eigenvalue weighted by Crippen LogP contribution is -2.43. The zero-order chi connectivity index (χ0) is 12.8. The molecule has 1 unspecified atom stereocenters. The fraction of sp³-hybridized carbons (Fsp3) is 0.400. The third-order valence-electron chi connectivity index (χ3n) is 4.48. The molecule has 2 aliphatic rings. The maximum Gasteiger partial charge on any atom is 0.251 e. The Morgan fingerprint density at radius 2 is 2.16 bits per heavy atom. The summed E-state index contributed by atoms with van der Waals surface area (Å²) in [6.07, 6.45) is 5.09. The molecule has 2 fully saturated rings. The molecule has 1 amide bonds. The zero-order valence-electron chi connectivity index (χ0n) is 10.7. The van der Waals surface area contributed by atoms with E-state index in [0.29, 0.717) is 12.0 Å². The van der Waals surface area contributed by atoms with Gasteiger partial charge in [0, 0.05) is 37.1 Å². The van der Waals surface area contributed by atoms with Crippen molar-refractivity contribution in [2.45, 2.75) is 12.5 Å². The Bertz CT molecular complexity index is 633. The van der Waals surface area contributed by atoms with Crippen LogP contribution in [0.1, 0.15) is 16.8 Å². The summed E-state index contributed by atoms with van der Waals surface area (Å²) in [7, 11) is 0. The highest BCUT2D eigenvalue weighted by molar-refractivity contribution is 5.98. The van der Waals surface area contributed by atoms with Crippen LogP contribution in [0.4, 0.5) is 0 Å². The number of carbonyl (C=O) groups excluding carboxylic acids is 1. The van der Waals surface area contributed by atoms with E-state index >= 15 is 0 Å². The lowest BCUT2D eigenvalue weighted by atomic mass is 9.99. The van der Waals surface area contributed by atoms with Crippen LogP contribution in [0.2, 0.25) is 0 Å². The summed E-state index contributed by atoms with van der Waals surface area (Å²) in [6, 6.07) is 6.18. The maximum absolute atomic E-state index is 12.3. The van der Waals surface area contributed by atoms with Gasteiger partial charge in [-0.2, -0.15) is 0 Å². The van der Waals surface area contributed by atoms with Gasteiger partial charge in [-0.25, -0.2) is 0 Å². The summed E-state index contributed by atoms with van der Waals surface area (Å²) in [5.74, 6) is 0.710. The molecule has 19 heavy (non-hydrogen) atoms. The summed E-state index contributed by atoms with van der Waals surface area (Å²) in [5, 5.41) is 5.42. The molecule has 2 aliphatic heterocycles. The molecule has 0 saturated carbocycles. The lowest BCUT2D eigenvalue weighted by molar-refractivity contribution is 0.0924. The molecule has 2 bridgehead atoms.